The summed E-state index contributed by atoms with van der Waals surface area (Å²) in [5.74, 6) is 0.861. The van der Waals surface area contributed by atoms with Crippen LogP contribution in [0, 0.1) is 0 Å². The number of esters is 1. The number of aromatic nitrogens is 1. The second-order valence-corrected chi connectivity index (χ2v) is 9.72. The Bertz CT molecular complexity index is 1700. The van der Waals surface area contributed by atoms with Crippen molar-refractivity contribution in [1.82, 2.24) is 4.57 Å². The van der Waals surface area contributed by atoms with E-state index >= 15 is 0 Å². The lowest BCUT2D eigenvalue weighted by Gasteiger charge is -2.26. The lowest BCUT2D eigenvalue weighted by atomic mass is 9.93. The van der Waals surface area contributed by atoms with E-state index in [0.717, 1.165) is 22.4 Å². The van der Waals surface area contributed by atoms with Gasteiger partial charge >= 0.3 is 5.97 Å². The molecule has 0 spiro atoms. The first-order valence-electron chi connectivity index (χ1n) is 12.7. The van der Waals surface area contributed by atoms with Gasteiger partial charge in [-0.05, 0) is 55.3 Å². The minimum Gasteiger partial charge on any atom is -0.497 e. The van der Waals surface area contributed by atoms with Crippen LogP contribution >= 0.6 is 11.3 Å². The Morgan fingerprint density at radius 1 is 0.974 bits per heavy atom. The lowest BCUT2D eigenvalue weighted by molar-refractivity contribution is -0.138. The number of benzene rings is 3. The van der Waals surface area contributed by atoms with E-state index in [4.69, 9.17) is 19.2 Å². The van der Waals surface area contributed by atoms with Gasteiger partial charge in [0.15, 0.2) is 4.80 Å². The normalized spacial score (nSPS) is 14.9. The van der Waals surface area contributed by atoms with Crippen molar-refractivity contribution in [3.05, 3.63) is 121 Å². The van der Waals surface area contributed by atoms with E-state index in [2.05, 4.69) is 0 Å². The van der Waals surface area contributed by atoms with E-state index < -0.39 is 12.0 Å². The summed E-state index contributed by atoms with van der Waals surface area (Å²) in [5, 5.41) is 0. The summed E-state index contributed by atoms with van der Waals surface area (Å²) in [7, 11) is 1.58. The topological polar surface area (TPSA) is 79.1 Å². The molecule has 0 fully saturated rings. The van der Waals surface area contributed by atoms with Crippen molar-refractivity contribution in [1.29, 1.82) is 0 Å². The van der Waals surface area contributed by atoms with Crippen LogP contribution in [0.3, 0.4) is 0 Å². The number of carbonyl (C=O) groups excluding carboxylic acids is 1. The zero-order chi connectivity index (χ0) is 27.4. The molecule has 1 atom stereocenters. The summed E-state index contributed by atoms with van der Waals surface area (Å²) in [6.07, 6.45) is 1.83. The van der Waals surface area contributed by atoms with Gasteiger partial charge in [0.2, 0.25) is 0 Å². The molecule has 8 heteroatoms. The minimum absolute atomic E-state index is 0.192. The molecule has 1 aliphatic heterocycles. The third-order valence-corrected chi connectivity index (χ3v) is 7.26. The molecule has 5 rings (SSSR count). The fraction of sp³-hybridized carbons (Fsp3) is 0.194. The summed E-state index contributed by atoms with van der Waals surface area (Å²) in [5.41, 5.74) is 2.88. The molecule has 0 N–H and O–H groups in total. The van der Waals surface area contributed by atoms with E-state index in [9.17, 15) is 9.59 Å². The van der Waals surface area contributed by atoms with Crippen molar-refractivity contribution in [2.75, 3.05) is 20.3 Å². The van der Waals surface area contributed by atoms with Crippen molar-refractivity contribution >= 4 is 29.1 Å². The summed E-state index contributed by atoms with van der Waals surface area (Å²) in [4.78, 5) is 32.8. The average molecular weight is 541 g/mol. The molecule has 0 amide bonds. The first-order chi connectivity index (χ1) is 19.0. The Labute approximate surface area is 229 Å². The van der Waals surface area contributed by atoms with Gasteiger partial charge in [-0.2, -0.15) is 0 Å². The van der Waals surface area contributed by atoms with Gasteiger partial charge in [0.05, 0.1) is 42.2 Å². The molecule has 1 aromatic heterocycles. The highest BCUT2D eigenvalue weighted by atomic mass is 32.1. The number of nitrogens with zero attached hydrogens (tertiary/aromatic N) is 2. The predicted octanol–water partition coefficient (Wildman–Crippen LogP) is 4.34. The van der Waals surface area contributed by atoms with Crippen molar-refractivity contribution in [3.63, 3.8) is 0 Å². The van der Waals surface area contributed by atoms with Crippen LogP contribution in [0.1, 0.15) is 36.6 Å². The molecule has 3 aromatic carbocycles. The van der Waals surface area contributed by atoms with Gasteiger partial charge < -0.3 is 14.2 Å². The van der Waals surface area contributed by atoms with Gasteiger partial charge in [-0.25, -0.2) is 9.79 Å². The third kappa shape index (κ3) is 5.28. The fourth-order valence-corrected chi connectivity index (χ4v) is 5.55. The van der Waals surface area contributed by atoms with Crippen LogP contribution in [0.25, 0.3) is 11.8 Å². The molecule has 198 valence electrons. The molecule has 0 bridgehead atoms. The summed E-state index contributed by atoms with van der Waals surface area (Å²) in [6.45, 7) is 4.46. The Balaban J connectivity index is 1.78. The van der Waals surface area contributed by atoms with Gasteiger partial charge in [0.25, 0.3) is 5.56 Å². The van der Waals surface area contributed by atoms with Gasteiger partial charge in [-0.15, -0.1) is 0 Å². The van der Waals surface area contributed by atoms with E-state index in [1.165, 1.54) is 11.3 Å². The number of carbonyl (C=O) groups is 1. The highest BCUT2D eigenvalue weighted by molar-refractivity contribution is 7.07. The zero-order valence-corrected chi connectivity index (χ0v) is 22.7. The maximum atomic E-state index is 13.9. The molecule has 0 saturated carbocycles. The molecule has 7 nitrogen and oxygen atoms in total. The quantitative estimate of drug-likeness (QED) is 0.311. The van der Waals surface area contributed by atoms with Crippen LogP contribution in [0.4, 0.5) is 0 Å². The number of fused-ring (bicyclic) bond motifs is 1. The second-order valence-electron chi connectivity index (χ2n) is 8.71. The van der Waals surface area contributed by atoms with Crippen molar-refractivity contribution in [2.45, 2.75) is 19.9 Å². The second kappa shape index (κ2) is 11.5. The molecule has 39 heavy (non-hydrogen) atoms. The monoisotopic (exact) mass is 540 g/mol. The van der Waals surface area contributed by atoms with Crippen LogP contribution in [-0.4, -0.2) is 30.9 Å². The van der Waals surface area contributed by atoms with Crippen molar-refractivity contribution in [3.8, 4) is 11.5 Å². The number of rotatable bonds is 8. The number of hydrogen-bond donors (Lipinski definition) is 0. The molecule has 1 aliphatic rings. The van der Waals surface area contributed by atoms with Crippen LogP contribution in [0.5, 0.6) is 11.5 Å². The Hall–Kier alpha value is -4.43. The summed E-state index contributed by atoms with van der Waals surface area (Å²) >= 11 is 1.28. The van der Waals surface area contributed by atoms with Gasteiger partial charge in [0.1, 0.15) is 11.5 Å². The summed E-state index contributed by atoms with van der Waals surface area (Å²) < 4.78 is 18.6. The van der Waals surface area contributed by atoms with Crippen LogP contribution in [0.2, 0.25) is 0 Å². The average Bonchev–Trinajstić information content (AvgIpc) is 3.28. The molecule has 0 radical (unpaired) electrons. The maximum absolute atomic E-state index is 13.9. The van der Waals surface area contributed by atoms with E-state index in [0.29, 0.717) is 33.0 Å². The highest BCUT2D eigenvalue weighted by Gasteiger charge is 2.35. The third-order valence-electron chi connectivity index (χ3n) is 6.27. The predicted molar refractivity (Wildman–Crippen MR) is 152 cm³/mol. The molecule has 0 saturated heterocycles. The summed E-state index contributed by atoms with van der Waals surface area (Å²) in [6, 6.07) is 23.7. The molecule has 2 heterocycles. The van der Waals surface area contributed by atoms with E-state index in [-0.39, 0.29) is 12.2 Å². The van der Waals surface area contributed by atoms with Gasteiger partial charge in [-0.3, -0.25) is 9.36 Å². The molecular weight excluding hydrogens is 512 g/mol. The lowest BCUT2D eigenvalue weighted by Crippen LogP contribution is -2.40. The minimum atomic E-state index is -0.756. The molecule has 4 aromatic rings. The smallest absolute Gasteiger partial charge is 0.338 e. The first kappa shape index (κ1) is 26.2. The number of ether oxygens (including phenoxy) is 3. The van der Waals surface area contributed by atoms with Crippen LogP contribution in [-0.2, 0) is 9.53 Å². The van der Waals surface area contributed by atoms with E-state index in [1.54, 1.807) is 18.6 Å². The zero-order valence-electron chi connectivity index (χ0n) is 21.9. The Morgan fingerprint density at radius 2 is 1.74 bits per heavy atom. The van der Waals surface area contributed by atoms with E-state index in [1.807, 2.05) is 91.9 Å². The fourth-order valence-electron chi connectivity index (χ4n) is 4.55. The highest BCUT2D eigenvalue weighted by Crippen LogP contribution is 2.36. The van der Waals surface area contributed by atoms with Crippen molar-refractivity contribution in [2.24, 2.45) is 4.99 Å². The molecule has 0 unspecified atom stereocenters. The number of hydrogen-bond acceptors (Lipinski definition) is 7. The van der Waals surface area contributed by atoms with Gasteiger partial charge in [0, 0.05) is 5.56 Å². The maximum Gasteiger partial charge on any atom is 0.338 e. The van der Waals surface area contributed by atoms with Crippen molar-refractivity contribution < 1.29 is 19.0 Å². The van der Waals surface area contributed by atoms with Gasteiger partial charge in [-0.1, -0.05) is 65.9 Å². The van der Waals surface area contributed by atoms with Crippen LogP contribution < -0.4 is 24.4 Å². The first-order valence-corrected chi connectivity index (χ1v) is 13.5. The van der Waals surface area contributed by atoms with Crippen LogP contribution in [0.15, 0.2) is 94.2 Å². The molecular formula is C31H28N2O5S. The SMILES string of the molecule is CCOC(=O)C1=C(c2ccccc2)N=c2s/c(=C\c3ccc(OCC)cc3)c(=O)n2[C@@H]1c1cccc(OC)c1. The number of methoxy groups -OCH3 is 1. The number of thiazole rings is 1. The standard InChI is InChI=1S/C31H28N2O5S/c1-4-37-23-16-14-20(15-17-23)18-25-29(34)33-28(22-12-9-13-24(19-22)36-3)26(30(35)38-5-2)27(32-31(33)39-25)21-10-7-6-8-11-21/h6-19,28H,4-5H2,1-3H3/b25-18-/t28-/m1/s1. The molecule has 0 aliphatic carbocycles. The largest absolute Gasteiger partial charge is 0.497 e. The Kier molecular flexibility index (Phi) is 7.74. The Morgan fingerprint density at radius 3 is 2.44 bits per heavy atom.